The molecule has 0 saturated heterocycles. The zero-order chi connectivity index (χ0) is 11.6. The van der Waals surface area contributed by atoms with E-state index in [1.807, 2.05) is 6.07 Å². The van der Waals surface area contributed by atoms with E-state index in [9.17, 15) is 5.11 Å². The molecule has 0 aliphatic heterocycles. The van der Waals surface area contributed by atoms with Gasteiger partial charge in [-0.2, -0.15) is 5.26 Å². The van der Waals surface area contributed by atoms with Gasteiger partial charge >= 0.3 is 0 Å². The van der Waals surface area contributed by atoms with Crippen molar-refractivity contribution in [1.82, 2.24) is 4.98 Å². The molecule has 4 nitrogen and oxygen atoms in total. The predicted molar refractivity (Wildman–Crippen MR) is 61.3 cm³/mol. The third-order valence-corrected chi connectivity index (χ3v) is 3.26. The molecule has 2 rings (SSSR count). The van der Waals surface area contributed by atoms with Gasteiger partial charge in [0.05, 0.1) is 11.2 Å². The standard InChI is InChI=1S/C11H12ClN3O/c12-9-8(6-13)2-5-14-10(9)15-7-11(16)3-1-4-11/h2,5,16H,1,3-4,7H2,(H,14,15). The molecule has 1 aromatic heterocycles. The van der Waals surface area contributed by atoms with E-state index in [2.05, 4.69) is 10.3 Å². The third kappa shape index (κ3) is 2.11. The summed E-state index contributed by atoms with van der Waals surface area (Å²) in [7, 11) is 0. The molecule has 5 heteroatoms. The Morgan fingerprint density at radius 2 is 2.38 bits per heavy atom. The Balaban J connectivity index is 2.07. The molecule has 1 aliphatic carbocycles. The van der Waals surface area contributed by atoms with E-state index < -0.39 is 5.60 Å². The smallest absolute Gasteiger partial charge is 0.146 e. The minimum absolute atomic E-state index is 0.313. The monoisotopic (exact) mass is 237 g/mol. The van der Waals surface area contributed by atoms with Crippen molar-refractivity contribution in [3.8, 4) is 6.07 Å². The zero-order valence-electron chi connectivity index (χ0n) is 8.70. The summed E-state index contributed by atoms with van der Waals surface area (Å²) in [6.07, 6.45) is 4.18. The van der Waals surface area contributed by atoms with E-state index in [1.54, 1.807) is 6.07 Å². The van der Waals surface area contributed by atoms with Gasteiger partial charge in [0.15, 0.2) is 0 Å². The molecule has 1 aliphatic rings. The van der Waals surface area contributed by atoms with Crippen LogP contribution in [0.15, 0.2) is 12.3 Å². The van der Waals surface area contributed by atoms with Crippen LogP contribution in [0.1, 0.15) is 24.8 Å². The third-order valence-electron chi connectivity index (χ3n) is 2.88. The molecule has 0 radical (unpaired) electrons. The van der Waals surface area contributed by atoms with Crippen molar-refractivity contribution < 1.29 is 5.11 Å². The average Bonchev–Trinajstić information content (AvgIpc) is 2.25. The first-order chi connectivity index (χ1) is 7.64. The normalized spacial score (nSPS) is 17.3. The number of anilines is 1. The minimum Gasteiger partial charge on any atom is -0.388 e. The second-order valence-electron chi connectivity index (χ2n) is 4.06. The highest BCUT2D eigenvalue weighted by molar-refractivity contribution is 6.34. The second kappa shape index (κ2) is 4.28. The van der Waals surface area contributed by atoms with Gasteiger partial charge in [0.2, 0.25) is 0 Å². The molecule has 0 atom stereocenters. The van der Waals surface area contributed by atoms with Gasteiger partial charge in [-0.05, 0) is 25.3 Å². The predicted octanol–water partition coefficient (Wildman–Crippen LogP) is 1.93. The molecule has 0 spiro atoms. The Morgan fingerprint density at radius 3 is 2.94 bits per heavy atom. The summed E-state index contributed by atoms with van der Waals surface area (Å²) >= 11 is 5.97. The van der Waals surface area contributed by atoms with E-state index in [4.69, 9.17) is 16.9 Å². The molecular weight excluding hydrogens is 226 g/mol. The van der Waals surface area contributed by atoms with Crippen LogP contribution in [0.25, 0.3) is 0 Å². The zero-order valence-corrected chi connectivity index (χ0v) is 9.46. The van der Waals surface area contributed by atoms with Gasteiger partial charge in [-0.25, -0.2) is 4.98 Å². The first kappa shape index (κ1) is 11.2. The van der Waals surface area contributed by atoms with Crippen molar-refractivity contribution in [1.29, 1.82) is 5.26 Å². The summed E-state index contributed by atoms with van der Waals surface area (Å²) in [6, 6.07) is 3.55. The van der Waals surface area contributed by atoms with Crippen LogP contribution in [-0.2, 0) is 0 Å². The highest BCUT2D eigenvalue weighted by Crippen LogP contribution is 2.32. The molecule has 84 valence electrons. The Labute approximate surface area is 98.9 Å². The van der Waals surface area contributed by atoms with Gasteiger partial charge in [-0.1, -0.05) is 11.6 Å². The van der Waals surface area contributed by atoms with E-state index >= 15 is 0 Å². The summed E-state index contributed by atoms with van der Waals surface area (Å²) in [6.45, 7) is 0.425. The molecule has 0 amide bonds. The maximum atomic E-state index is 9.89. The largest absolute Gasteiger partial charge is 0.388 e. The molecule has 2 N–H and O–H groups in total. The van der Waals surface area contributed by atoms with Gasteiger partial charge < -0.3 is 10.4 Å². The Kier molecular flexibility index (Phi) is 2.99. The van der Waals surface area contributed by atoms with Gasteiger partial charge in [0, 0.05) is 12.7 Å². The van der Waals surface area contributed by atoms with Crippen molar-refractivity contribution in [3.63, 3.8) is 0 Å². The van der Waals surface area contributed by atoms with Gasteiger partial charge in [0.1, 0.15) is 16.9 Å². The van der Waals surface area contributed by atoms with Crippen molar-refractivity contribution in [3.05, 3.63) is 22.8 Å². The SMILES string of the molecule is N#Cc1ccnc(NCC2(O)CCC2)c1Cl. The lowest BCUT2D eigenvalue weighted by molar-refractivity contribution is -0.0202. The number of rotatable bonds is 3. The van der Waals surface area contributed by atoms with E-state index in [-0.39, 0.29) is 0 Å². The van der Waals surface area contributed by atoms with Crippen molar-refractivity contribution in [2.45, 2.75) is 24.9 Å². The van der Waals surface area contributed by atoms with Crippen LogP contribution < -0.4 is 5.32 Å². The lowest BCUT2D eigenvalue weighted by atomic mass is 9.80. The van der Waals surface area contributed by atoms with Crippen LogP contribution in [0.3, 0.4) is 0 Å². The fourth-order valence-electron chi connectivity index (χ4n) is 1.66. The number of aliphatic hydroxyl groups is 1. The van der Waals surface area contributed by atoms with E-state index in [0.29, 0.717) is 22.9 Å². The van der Waals surface area contributed by atoms with Crippen molar-refractivity contribution in [2.24, 2.45) is 0 Å². The van der Waals surface area contributed by atoms with Crippen LogP contribution in [-0.4, -0.2) is 22.2 Å². The second-order valence-corrected chi connectivity index (χ2v) is 4.44. The van der Waals surface area contributed by atoms with Crippen LogP contribution in [0, 0.1) is 11.3 Å². The first-order valence-electron chi connectivity index (χ1n) is 5.15. The maximum absolute atomic E-state index is 9.89. The molecule has 0 bridgehead atoms. The van der Waals surface area contributed by atoms with Crippen LogP contribution >= 0.6 is 11.6 Å². The van der Waals surface area contributed by atoms with E-state index in [0.717, 1.165) is 19.3 Å². The molecule has 1 saturated carbocycles. The lowest BCUT2D eigenvalue weighted by Gasteiger charge is -2.36. The molecule has 0 aromatic carbocycles. The fourth-order valence-corrected chi connectivity index (χ4v) is 1.88. The van der Waals surface area contributed by atoms with Crippen molar-refractivity contribution in [2.75, 3.05) is 11.9 Å². The Hall–Kier alpha value is -1.31. The quantitative estimate of drug-likeness (QED) is 0.843. The summed E-state index contributed by atoms with van der Waals surface area (Å²) in [5.41, 5.74) is -0.243. The number of hydrogen-bond acceptors (Lipinski definition) is 4. The Morgan fingerprint density at radius 1 is 1.62 bits per heavy atom. The average molecular weight is 238 g/mol. The molecule has 1 aromatic rings. The number of aromatic nitrogens is 1. The Bertz CT molecular complexity index is 437. The van der Waals surface area contributed by atoms with Gasteiger partial charge in [-0.15, -0.1) is 0 Å². The number of nitrogens with zero attached hydrogens (tertiary/aromatic N) is 2. The summed E-state index contributed by atoms with van der Waals surface area (Å²) < 4.78 is 0. The molecule has 1 fully saturated rings. The topological polar surface area (TPSA) is 68.9 Å². The van der Waals surface area contributed by atoms with Gasteiger partial charge in [-0.3, -0.25) is 0 Å². The summed E-state index contributed by atoms with van der Waals surface area (Å²) in [5, 5.41) is 22.0. The molecule has 1 heterocycles. The summed E-state index contributed by atoms with van der Waals surface area (Å²) in [4.78, 5) is 4.04. The van der Waals surface area contributed by atoms with Crippen LogP contribution in [0.2, 0.25) is 5.02 Å². The molecule has 16 heavy (non-hydrogen) atoms. The lowest BCUT2D eigenvalue weighted by Crippen LogP contribution is -2.43. The van der Waals surface area contributed by atoms with E-state index in [1.165, 1.54) is 6.20 Å². The van der Waals surface area contributed by atoms with Gasteiger partial charge in [0.25, 0.3) is 0 Å². The number of hydrogen-bond donors (Lipinski definition) is 2. The number of nitriles is 1. The molecular formula is C11H12ClN3O. The molecule has 0 unspecified atom stereocenters. The van der Waals surface area contributed by atoms with Crippen LogP contribution in [0.4, 0.5) is 5.82 Å². The highest BCUT2D eigenvalue weighted by Gasteiger charge is 2.34. The minimum atomic E-state index is -0.631. The number of pyridine rings is 1. The number of nitrogens with one attached hydrogen (secondary N) is 1. The summed E-state index contributed by atoms with van der Waals surface area (Å²) in [5.74, 6) is 0.459. The number of halogens is 1. The maximum Gasteiger partial charge on any atom is 0.146 e. The van der Waals surface area contributed by atoms with Crippen LogP contribution in [0.5, 0.6) is 0 Å². The highest BCUT2D eigenvalue weighted by atomic mass is 35.5. The fraction of sp³-hybridized carbons (Fsp3) is 0.455. The van der Waals surface area contributed by atoms with Crippen molar-refractivity contribution >= 4 is 17.4 Å². The first-order valence-corrected chi connectivity index (χ1v) is 5.53.